The van der Waals surface area contributed by atoms with E-state index in [2.05, 4.69) is 20.4 Å². The van der Waals surface area contributed by atoms with Crippen LogP contribution in [0.4, 0.5) is 15.9 Å². The van der Waals surface area contributed by atoms with E-state index >= 15 is 0 Å². The number of oxime groups is 1. The first-order valence-electron chi connectivity index (χ1n) is 11.4. The molecular weight excluding hydrogens is 483 g/mol. The van der Waals surface area contributed by atoms with Gasteiger partial charge in [0.15, 0.2) is 11.5 Å². The third-order valence-electron chi connectivity index (χ3n) is 5.38. The molecule has 1 heterocycles. The van der Waals surface area contributed by atoms with E-state index in [4.69, 9.17) is 25.9 Å². The molecule has 3 aromatic carbocycles. The summed E-state index contributed by atoms with van der Waals surface area (Å²) in [6, 6.07) is 15.6. The first kappa shape index (κ1) is 25.2. The number of halogens is 2. The van der Waals surface area contributed by atoms with E-state index in [1.54, 1.807) is 13.2 Å². The SMILES string of the molecule is CCCOc1cc2ncnc(Nc3ccc(/C(C)=N/OCc4ccc(F)cc4Cl)cc3)c2cc1OC. The normalized spacial score (nSPS) is 11.4. The monoisotopic (exact) mass is 508 g/mol. The third kappa shape index (κ3) is 6.01. The molecule has 0 aliphatic heterocycles. The molecule has 7 nitrogen and oxygen atoms in total. The van der Waals surface area contributed by atoms with E-state index in [-0.39, 0.29) is 6.61 Å². The van der Waals surface area contributed by atoms with E-state index in [0.717, 1.165) is 28.6 Å². The average Bonchev–Trinajstić information content (AvgIpc) is 2.88. The van der Waals surface area contributed by atoms with Gasteiger partial charge in [-0.15, -0.1) is 0 Å². The Hall–Kier alpha value is -3.91. The lowest BCUT2D eigenvalue weighted by molar-refractivity contribution is 0.130. The molecule has 1 aromatic heterocycles. The number of hydrogen-bond donors (Lipinski definition) is 1. The fourth-order valence-corrected chi connectivity index (χ4v) is 3.69. The number of nitrogens with zero attached hydrogens (tertiary/aromatic N) is 3. The van der Waals surface area contributed by atoms with Crippen LogP contribution in [0.5, 0.6) is 11.5 Å². The Bertz CT molecular complexity index is 1380. The van der Waals surface area contributed by atoms with Gasteiger partial charge in [0.05, 0.1) is 30.0 Å². The fourth-order valence-electron chi connectivity index (χ4n) is 3.47. The minimum atomic E-state index is -0.392. The summed E-state index contributed by atoms with van der Waals surface area (Å²) in [4.78, 5) is 14.2. The maximum absolute atomic E-state index is 13.2. The number of benzene rings is 3. The molecule has 4 aromatic rings. The van der Waals surface area contributed by atoms with Crippen LogP contribution in [-0.4, -0.2) is 29.4 Å². The lowest BCUT2D eigenvalue weighted by atomic mass is 10.1. The number of ether oxygens (including phenoxy) is 2. The van der Waals surface area contributed by atoms with Gasteiger partial charge in [-0.3, -0.25) is 0 Å². The summed E-state index contributed by atoms with van der Waals surface area (Å²) in [5.41, 5.74) is 3.83. The van der Waals surface area contributed by atoms with Crippen LogP contribution >= 0.6 is 11.6 Å². The van der Waals surface area contributed by atoms with Gasteiger partial charge in [-0.1, -0.05) is 41.9 Å². The van der Waals surface area contributed by atoms with Gasteiger partial charge in [-0.25, -0.2) is 14.4 Å². The maximum atomic E-state index is 13.2. The van der Waals surface area contributed by atoms with Crippen molar-refractivity contribution in [2.45, 2.75) is 26.9 Å². The Balaban J connectivity index is 1.47. The minimum absolute atomic E-state index is 0.144. The zero-order valence-electron chi connectivity index (χ0n) is 20.2. The molecule has 36 heavy (non-hydrogen) atoms. The van der Waals surface area contributed by atoms with Crippen LogP contribution in [0, 0.1) is 5.82 Å². The number of rotatable bonds is 10. The summed E-state index contributed by atoms with van der Waals surface area (Å²) in [5.74, 6) is 1.53. The van der Waals surface area contributed by atoms with Crippen molar-refractivity contribution in [3.05, 3.63) is 82.9 Å². The van der Waals surface area contributed by atoms with E-state index in [0.29, 0.717) is 40.2 Å². The number of nitrogens with one attached hydrogen (secondary N) is 1. The van der Waals surface area contributed by atoms with Crippen LogP contribution in [0.15, 0.2) is 66.1 Å². The van der Waals surface area contributed by atoms with Crippen LogP contribution in [0.1, 0.15) is 31.4 Å². The Morgan fingerprint density at radius 2 is 1.86 bits per heavy atom. The van der Waals surface area contributed by atoms with Gasteiger partial charge in [0.1, 0.15) is 24.6 Å². The molecule has 186 valence electrons. The first-order chi connectivity index (χ1) is 17.5. The van der Waals surface area contributed by atoms with Crippen molar-refractivity contribution >= 4 is 39.7 Å². The summed E-state index contributed by atoms with van der Waals surface area (Å²) in [7, 11) is 1.61. The van der Waals surface area contributed by atoms with Crippen LogP contribution in [-0.2, 0) is 11.4 Å². The van der Waals surface area contributed by atoms with Crippen molar-refractivity contribution in [2.24, 2.45) is 5.16 Å². The lowest BCUT2D eigenvalue weighted by Crippen LogP contribution is -2.01. The van der Waals surface area contributed by atoms with Crippen LogP contribution in [0.3, 0.4) is 0 Å². The van der Waals surface area contributed by atoms with Gasteiger partial charge in [-0.05, 0) is 49.2 Å². The Morgan fingerprint density at radius 3 is 2.58 bits per heavy atom. The maximum Gasteiger partial charge on any atom is 0.163 e. The van der Waals surface area contributed by atoms with Gasteiger partial charge in [0.25, 0.3) is 0 Å². The molecule has 0 amide bonds. The molecule has 0 aliphatic rings. The number of methoxy groups -OCH3 is 1. The smallest absolute Gasteiger partial charge is 0.163 e. The Labute approximate surface area is 213 Å². The molecule has 0 aliphatic carbocycles. The second-order valence-corrected chi connectivity index (χ2v) is 8.39. The van der Waals surface area contributed by atoms with Gasteiger partial charge < -0.3 is 19.6 Å². The van der Waals surface area contributed by atoms with Gasteiger partial charge >= 0.3 is 0 Å². The van der Waals surface area contributed by atoms with Crippen LogP contribution in [0.25, 0.3) is 10.9 Å². The molecule has 0 radical (unpaired) electrons. The van der Waals surface area contributed by atoms with E-state index in [1.807, 2.05) is 50.2 Å². The molecule has 0 bridgehead atoms. The van der Waals surface area contributed by atoms with Crippen molar-refractivity contribution in [2.75, 3.05) is 19.0 Å². The average molecular weight is 509 g/mol. The highest BCUT2D eigenvalue weighted by Gasteiger charge is 2.12. The predicted octanol–water partition coefficient (Wildman–Crippen LogP) is 6.90. The molecule has 0 spiro atoms. The minimum Gasteiger partial charge on any atom is -0.493 e. The quantitative estimate of drug-likeness (QED) is 0.185. The van der Waals surface area contributed by atoms with Crippen LogP contribution < -0.4 is 14.8 Å². The summed E-state index contributed by atoms with van der Waals surface area (Å²) in [5, 5.41) is 8.61. The highest BCUT2D eigenvalue weighted by molar-refractivity contribution is 6.31. The Morgan fingerprint density at radius 1 is 1.06 bits per heavy atom. The third-order valence-corrected chi connectivity index (χ3v) is 5.74. The second kappa shape index (κ2) is 11.7. The topological polar surface area (TPSA) is 77.9 Å². The zero-order valence-corrected chi connectivity index (χ0v) is 21.0. The van der Waals surface area contributed by atoms with Crippen molar-refractivity contribution in [1.82, 2.24) is 9.97 Å². The fraction of sp³-hybridized carbons (Fsp3) is 0.222. The molecule has 9 heteroatoms. The molecule has 0 atom stereocenters. The lowest BCUT2D eigenvalue weighted by Gasteiger charge is -2.13. The summed E-state index contributed by atoms with van der Waals surface area (Å²) < 4.78 is 24.5. The Kier molecular flexibility index (Phi) is 8.17. The van der Waals surface area contributed by atoms with E-state index < -0.39 is 5.82 Å². The molecule has 0 fully saturated rings. The van der Waals surface area contributed by atoms with Crippen molar-refractivity contribution < 1.29 is 18.7 Å². The largest absolute Gasteiger partial charge is 0.493 e. The number of anilines is 2. The summed E-state index contributed by atoms with van der Waals surface area (Å²) in [6.45, 7) is 4.63. The second-order valence-electron chi connectivity index (χ2n) is 7.98. The van der Waals surface area contributed by atoms with Crippen molar-refractivity contribution in [3.8, 4) is 11.5 Å². The molecule has 4 rings (SSSR count). The zero-order chi connectivity index (χ0) is 25.5. The molecule has 0 saturated carbocycles. The number of hydrogen-bond acceptors (Lipinski definition) is 7. The molecule has 0 saturated heterocycles. The first-order valence-corrected chi connectivity index (χ1v) is 11.8. The standard InChI is InChI=1S/C27H26ClFN4O3/c1-4-11-35-26-14-24-22(13-25(26)34-3)27(31-16-30-24)32-21-9-6-18(7-10-21)17(2)33-36-15-19-5-8-20(29)12-23(19)28/h5-10,12-14,16H,4,11,15H2,1-3H3,(H,30,31,32)/b33-17+. The van der Waals surface area contributed by atoms with Crippen molar-refractivity contribution in [1.29, 1.82) is 0 Å². The van der Waals surface area contributed by atoms with E-state index in [9.17, 15) is 4.39 Å². The number of aromatic nitrogens is 2. The van der Waals surface area contributed by atoms with Gasteiger partial charge in [0, 0.05) is 22.7 Å². The summed E-state index contributed by atoms with van der Waals surface area (Å²) >= 11 is 6.03. The van der Waals surface area contributed by atoms with Crippen molar-refractivity contribution in [3.63, 3.8) is 0 Å². The van der Waals surface area contributed by atoms with Gasteiger partial charge in [0.2, 0.25) is 0 Å². The highest BCUT2D eigenvalue weighted by atomic mass is 35.5. The molecule has 0 unspecified atom stereocenters. The summed E-state index contributed by atoms with van der Waals surface area (Å²) in [6.07, 6.45) is 2.41. The molecule has 1 N–H and O–H groups in total. The predicted molar refractivity (Wildman–Crippen MR) is 140 cm³/mol. The number of fused-ring (bicyclic) bond motifs is 1. The van der Waals surface area contributed by atoms with E-state index in [1.165, 1.54) is 18.5 Å². The van der Waals surface area contributed by atoms with Gasteiger partial charge in [-0.2, -0.15) is 0 Å². The highest BCUT2D eigenvalue weighted by Crippen LogP contribution is 2.34. The molecular formula is C27H26ClFN4O3. The van der Waals surface area contributed by atoms with Crippen LogP contribution in [0.2, 0.25) is 5.02 Å².